The van der Waals surface area contributed by atoms with E-state index in [4.69, 9.17) is 0 Å². The van der Waals surface area contributed by atoms with Gasteiger partial charge >= 0.3 is 0 Å². The second kappa shape index (κ2) is 6.20. The lowest BCUT2D eigenvalue weighted by Crippen LogP contribution is -2.37. The molecule has 3 heterocycles. The van der Waals surface area contributed by atoms with E-state index >= 15 is 0 Å². The zero-order valence-corrected chi connectivity index (χ0v) is 15.2. The molecule has 1 amide bonds. The molecule has 27 heavy (non-hydrogen) atoms. The maximum Gasteiger partial charge on any atom is 0.227 e. The molecule has 0 bridgehead atoms. The fourth-order valence-corrected chi connectivity index (χ4v) is 3.99. The highest BCUT2D eigenvalue weighted by Crippen LogP contribution is 2.23. The van der Waals surface area contributed by atoms with Crippen LogP contribution in [0.3, 0.4) is 0 Å². The summed E-state index contributed by atoms with van der Waals surface area (Å²) >= 11 is 0. The summed E-state index contributed by atoms with van der Waals surface area (Å²) < 4.78 is 1.93. The first-order valence-electron chi connectivity index (χ1n) is 9.26. The van der Waals surface area contributed by atoms with E-state index in [1.54, 1.807) is 0 Å². The van der Waals surface area contributed by atoms with Crippen LogP contribution in [0, 0.1) is 6.92 Å². The number of aromatic nitrogens is 3. The first kappa shape index (κ1) is 16.0. The first-order chi connectivity index (χ1) is 13.2. The molecule has 5 heteroatoms. The van der Waals surface area contributed by atoms with E-state index in [2.05, 4.69) is 34.3 Å². The fraction of sp³-hybridized carbons (Fsp3) is 0.227. The van der Waals surface area contributed by atoms with Gasteiger partial charge in [0, 0.05) is 37.3 Å². The van der Waals surface area contributed by atoms with Gasteiger partial charge < -0.3 is 4.90 Å². The smallest absolute Gasteiger partial charge is 0.227 e. The van der Waals surface area contributed by atoms with Crippen molar-refractivity contribution < 1.29 is 4.79 Å². The Morgan fingerprint density at radius 1 is 1.15 bits per heavy atom. The van der Waals surface area contributed by atoms with Gasteiger partial charge in [-0.1, -0.05) is 42.5 Å². The molecule has 0 radical (unpaired) electrons. The standard InChI is InChI=1S/C22H20N4O/c1-15-11-21-23-13-18-14-25(10-9-20(18)26(21)24-15)22(27)12-17-7-4-6-16-5-2-3-8-19(16)17/h2-8,11,13H,9-10,12,14H2,1H3. The van der Waals surface area contributed by atoms with Gasteiger partial charge in [0.1, 0.15) is 0 Å². The van der Waals surface area contributed by atoms with Crippen LogP contribution in [0.1, 0.15) is 22.5 Å². The molecule has 1 aliphatic rings. The van der Waals surface area contributed by atoms with E-state index in [0.29, 0.717) is 19.5 Å². The number of nitrogens with zero attached hydrogens (tertiary/aromatic N) is 4. The van der Waals surface area contributed by atoms with Gasteiger partial charge in [0.15, 0.2) is 5.65 Å². The van der Waals surface area contributed by atoms with Crippen LogP contribution >= 0.6 is 0 Å². The van der Waals surface area contributed by atoms with Crippen molar-refractivity contribution in [2.75, 3.05) is 6.54 Å². The number of fused-ring (bicyclic) bond motifs is 4. The molecule has 0 spiro atoms. The van der Waals surface area contributed by atoms with Crippen LogP contribution < -0.4 is 0 Å². The maximum absolute atomic E-state index is 13.0. The molecule has 5 rings (SSSR count). The van der Waals surface area contributed by atoms with Crippen molar-refractivity contribution in [3.8, 4) is 0 Å². The Kier molecular flexibility index (Phi) is 3.67. The SMILES string of the molecule is Cc1cc2ncc3c(n2n1)CCN(C(=O)Cc1cccc2ccccc12)C3. The van der Waals surface area contributed by atoms with Gasteiger partial charge in [0.05, 0.1) is 17.8 Å². The summed E-state index contributed by atoms with van der Waals surface area (Å²) in [6, 6.07) is 16.4. The predicted octanol–water partition coefficient (Wildman–Crippen LogP) is 3.32. The number of carbonyl (C=O) groups excluding carboxylic acids is 1. The second-order valence-electron chi connectivity index (χ2n) is 7.17. The predicted molar refractivity (Wildman–Crippen MR) is 104 cm³/mol. The molecule has 4 aromatic rings. The molecular weight excluding hydrogens is 336 g/mol. The third kappa shape index (κ3) is 2.76. The normalized spacial score (nSPS) is 13.9. The Balaban J connectivity index is 1.41. The zero-order valence-electron chi connectivity index (χ0n) is 15.2. The Labute approximate surface area is 157 Å². The lowest BCUT2D eigenvalue weighted by Gasteiger charge is -2.29. The average Bonchev–Trinajstić information content (AvgIpc) is 3.08. The monoisotopic (exact) mass is 356 g/mol. The number of carbonyl (C=O) groups is 1. The molecule has 2 aromatic carbocycles. The highest BCUT2D eigenvalue weighted by molar-refractivity contribution is 5.90. The van der Waals surface area contributed by atoms with Crippen LogP contribution in [0.15, 0.2) is 54.7 Å². The molecule has 0 unspecified atom stereocenters. The minimum Gasteiger partial charge on any atom is -0.338 e. The highest BCUT2D eigenvalue weighted by atomic mass is 16.2. The minimum atomic E-state index is 0.161. The number of hydrogen-bond acceptors (Lipinski definition) is 3. The van der Waals surface area contributed by atoms with E-state index in [-0.39, 0.29) is 5.91 Å². The summed E-state index contributed by atoms with van der Waals surface area (Å²) in [4.78, 5) is 19.4. The Bertz CT molecular complexity index is 1170. The molecule has 0 N–H and O–H groups in total. The van der Waals surface area contributed by atoms with Crippen LogP contribution in [0.4, 0.5) is 0 Å². The summed E-state index contributed by atoms with van der Waals surface area (Å²) in [5.74, 6) is 0.161. The summed E-state index contributed by atoms with van der Waals surface area (Å²) in [6.07, 6.45) is 3.12. The van der Waals surface area contributed by atoms with Gasteiger partial charge in [-0.15, -0.1) is 0 Å². The number of hydrogen-bond donors (Lipinski definition) is 0. The lowest BCUT2D eigenvalue weighted by molar-refractivity contribution is -0.131. The summed E-state index contributed by atoms with van der Waals surface area (Å²) in [5, 5.41) is 6.88. The Morgan fingerprint density at radius 3 is 2.93 bits per heavy atom. The van der Waals surface area contributed by atoms with Crippen molar-refractivity contribution in [3.63, 3.8) is 0 Å². The number of aryl methyl sites for hydroxylation is 1. The van der Waals surface area contributed by atoms with Gasteiger partial charge in [0.25, 0.3) is 0 Å². The largest absolute Gasteiger partial charge is 0.338 e. The molecule has 1 aliphatic heterocycles. The van der Waals surface area contributed by atoms with E-state index in [1.165, 1.54) is 11.1 Å². The Hall–Kier alpha value is -3.21. The molecule has 2 aromatic heterocycles. The topological polar surface area (TPSA) is 50.5 Å². The van der Waals surface area contributed by atoms with Gasteiger partial charge in [0.2, 0.25) is 5.91 Å². The highest BCUT2D eigenvalue weighted by Gasteiger charge is 2.23. The van der Waals surface area contributed by atoms with Gasteiger partial charge in [-0.2, -0.15) is 5.10 Å². The van der Waals surface area contributed by atoms with E-state index in [9.17, 15) is 4.79 Å². The molecule has 134 valence electrons. The fourth-order valence-electron chi connectivity index (χ4n) is 3.99. The van der Waals surface area contributed by atoms with Gasteiger partial charge in [-0.05, 0) is 23.3 Å². The average molecular weight is 356 g/mol. The van der Waals surface area contributed by atoms with E-state index < -0.39 is 0 Å². The first-order valence-corrected chi connectivity index (χ1v) is 9.26. The van der Waals surface area contributed by atoms with Crippen LogP contribution in [-0.4, -0.2) is 31.9 Å². The molecule has 0 saturated carbocycles. The third-order valence-electron chi connectivity index (χ3n) is 5.35. The maximum atomic E-state index is 13.0. The molecule has 5 nitrogen and oxygen atoms in total. The molecule has 0 saturated heterocycles. The second-order valence-corrected chi connectivity index (χ2v) is 7.17. The summed E-state index contributed by atoms with van der Waals surface area (Å²) in [5.41, 5.74) is 5.18. The minimum absolute atomic E-state index is 0.161. The van der Waals surface area contributed by atoms with Crippen molar-refractivity contribution in [2.45, 2.75) is 26.3 Å². The van der Waals surface area contributed by atoms with Crippen molar-refractivity contribution in [2.24, 2.45) is 0 Å². The van der Waals surface area contributed by atoms with Crippen LogP contribution in [0.25, 0.3) is 16.4 Å². The van der Waals surface area contributed by atoms with Crippen LogP contribution in [-0.2, 0) is 24.2 Å². The molecule has 0 atom stereocenters. The Morgan fingerprint density at radius 2 is 2.00 bits per heavy atom. The van der Waals surface area contributed by atoms with Crippen molar-refractivity contribution in [1.82, 2.24) is 19.5 Å². The number of amides is 1. The molecule has 0 fully saturated rings. The number of rotatable bonds is 2. The zero-order chi connectivity index (χ0) is 18.4. The summed E-state index contributed by atoms with van der Waals surface area (Å²) in [6.45, 7) is 3.29. The van der Waals surface area contributed by atoms with Gasteiger partial charge in [-0.3, -0.25) is 4.79 Å². The number of benzene rings is 2. The lowest BCUT2D eigenvalue weighted by atomic mass is 10.0. The summed E-state index contributed by atoms with van der Waals surface area (Å²) in [7, 11) is 0. The van der Waals surface area contributed by atoms with Crippen molar-refractivity contribution in [1.29, 1.82) is 0 Å². The molecular formula is C22H20N4O. The molecule has 0 aliphatic carbocycles. The van der Waals surface area contributed by atoms with Crippen LogP contribution in [0.5, 0.6) is 0 Å². The quantitative estimate of drug-likeness (QED) is 0.554. The van der Waals surface area contributed by atoms with Crippen LogP contribution in [0.2, 0.25) is 0 Å². The third-order valence-corrected chi connectivity index (χ3v) is 5.35. The van der Waals surface area contributed by atoms with Gasteiger partial charge in [-0.25, -0.2) is 9.50 Å². The van der Waals surface area contributed by atoms with Crippen molar-refractivity contribution >= 4 is 22.3 Å². The van der Waals surface area contributed by atoms with Crippen molar-refractivity contribution in [3.05, 3.63) is 77.2 Å². The van der Waals surface area contributed by atoms with E-state index in [1.807, 2.05) is 46.8 Å². The van der Waals surface area contributed by atoms with E-state index in [0.717, 1.165) is 34.3 Å².